The molecule has 0 aliphatic carbocycles. The summed E-state index contributed by atoms with van der Waals surface area (Å²) in [5.74, 6) is -0.733. The highest BCUT2D eigenvalue weighted by Gasteiger charge is 2.33. The predicted molar refractivity (Wildman–Crippen MR) is 330 cm³/mol. The number of carbonyl (C=O) groups excluding carboxylic acids is 2. The maximum Gasteiger partial charge on any atom is 0.321 e. The summed E-state index contributed by atoms with van der Waals surface area (Å²) in [4.78, 5) is 69.6. The van der Waals surface area contributed by atoms with E-state index in [-0.39, 0.29) is 18.0 Å². The number of aliphatic imine (C=N–C) groups is 1. The first kappa shape index (κ1) is 64.3. The molecule has 9 rings (SSSR count). The van der Waals surface area contributed by atoms with Gasteiger partial charge in [0.05, 0.1) is 37.7 Å². The molecule has 7 N–H and O–H groups in total. The van der Waals surface area contributed by atoms with E-state index >= 15 is 0 Å². The van der Waals surface area contributed by atoms with Crippen LogP contribution in [0, 0.1) is 5.92 Å². The summed E-state index contributed by atoms with van der Waals surface area (Å²) in [5.41, 5.74) is 7.38. The van der Waals surface area contributed by atoms with Gasteiger partial charge in [-0.3, -0.25) is 30.4 Å². The summed E-state index contributed by atoms with van der Waals surface area (Å²) in [6, 6.07) is 16.9. The average molecular weight is 1140 g/mol. The lowest BCUT2D eigenvalue weighted by atomic mass is 9.90. The van der Waals surface area contributed by atoms with Crippen molar-refractivity contribution in [3.63, 3.8) is 0 Å². The molecule has 2 saturated heterocycles. The van der Waals surface area contributed by atoms with E-state index in [1.807, 2.05) is 117 Å². The molecule has 21 heteroatoms. The SMILES string of the molecule is C=C/C(=C\N=C(C)C1(O)CCOCC1)c1cc(-c2ccccn2)c2sc(NC(=O)NCC)nc2c1.CC.CC.CC.CCNC(=O)Nc1nc2cc(-c3cnc(C(C)(C)O)nc3)cc(-c3cc(N4CCC(C(=O)O)CC4)ccn3)c2s1. The van der Waals surface area contributed by atoms with Gasteiger partial charge in [-0.15, -0.1) is 0 Å². The number of ether oxygens (including phenoxy) is 1. The Morgan fingerprint density at radius 2 is 1.36 bits per heavy atom. The van der Waals surface area contributed by atoms with Crippen molar-refractivity contribution in [2.75, 3.05) is 54.9 Å². The quantitative estimate of drug-likeness (QED) is 0.0395. The van der Waals surface area contributed by atoms with E-state index in [9.17, 15) is 29.7 Å². The molecule has 0 atom stereocenters. The fraction of sp³-hybridized carbons (Fsp3) is 0.400. The molecule has 19 nitrogen and oxygen atoms in total. The molecular formula is C60H78N12O7S2. The summed E-state index contributed by atoms with van der Waals surface area (Å²) >= 11 is 2.76. The number of fused-ring (bicyclic) bond motifs is 2. The normalized spacial score (nSPS) is 14.3. The van der Waals surface area contributed by atoms with Crippen molar-refractivity contribution < 1.29 is 34.4 Å². The zero-order valence-electron chi connectivity index (χ0n) is 48.4. The summed E-state index contributed by atoms with van der Waals surface area (Å²) in [6.45, 7) is 28.1. The zero-order chi connectivity index (χ0) is 59.3. The Bertz CT molecular complexity index is 3250. The van der Waals surface area contributed by atoms with Gasteiger partial charge in [-0.05, 0) is 113 Å². The minimum absolute atomic E-state index is 0.298. The number of nitrogens with one attached hydrogen (secondary N) is 4. The van der Waals surface area contributed by atoms with Gasteiger partial charge in [0.15, 0.2) is 16.1 Å². The number of hydrogen-bond acceptors (Lipinski definition) is 16. The number of aromatic nitrogens is 6. The lowest BCUT2D eigenvalue weighted by Crippen LogP contribution is -2.42. The van der Waals surface area contributed by atoms with Crippen LogP contribution in [0.2, 0.25) is 0 Å². The number of anilines is 3. The topological polar surface area (TPSA) is 262 Å². The number of thiazole rings is 2. The zero-order valence-corrected chi connectivity index (χ0v) is 50.0. The minimum Gasteiger partial charge on any atom is -0.481 e. The number of amides is 4. The first-order valence-electron chi connectivity index (χ1n) is 27.6. The number of benzene rings is 2. The maximum absolute atomic E-state index is 12.2. The number of nitrogens with zero attached hydrogens (tertiary/aromatic N) is 8. The van der Waals surface area contributed by atoms with Crippen LogP contribution < -0.4 is 26.2 Å². The Kier molecular flexibility index (Phi) is 24.5. The van der Waals surface area contributed by atoms with Crippen LogP contribution in [-0.2, 0) is 15.1 Å². The molecule has 5 aromatic heterocycles. The number of pyridine rings is 2. The largest absolute Gasteiger partial charge is 0.481 e. The third-order valence-corrected chi connectivity index (χ3v) is 14.8. The van der Waals surface area contributed by atoms with Crippen LogP contribution in [0.4, 0.5) is 25.5 Å². The monoisotopic (exact) mass is 1140 g/mol. The Labute approximate surface area is 483 Å². The number of carbonyl (C=O) groups is 3. The summed E-state index contributed by atoms with van der Waals surface area (Å²) in [7, 11) is 0. The molecule has 0 bridgehead atoms. The van der Waals surface area contributed by atoms with Gasteiger partial charge in [0.25, 0.3) is 0 Å². The molecule has 7 aromatic rings. The second-order valence-corrected chi connectivity index (χ2v) is 20.5. The molecule has 2 aromatic carbocycles. The van der Waals surface area contributed by atoms with E-state index in [4.69, 9.17) is 4.74 Å². The average Bonchev–Trinajstić information content (AvgIpc) is 4.19. The summed E-state index contributed by atoms with van der Waals surface area (Å²) < 4.78 is 7.15. The number of carboxylic acids is 1. The van der Waals surface area contributed by atoms with Crippen LogP contribution in [0.1, 0.15) is 113 Å². The van der Waals surface area contributed by atoms with E-state index in [0.717, 1.165) is 65.4 Å². The van der Waals surface area contributed by atoms with Crippen molar-refractivity contribution in [1.29, 1.82) is 0 Å². The van der Waals surface area contributed by atoms with Gasteiger partial charge in [0, 0.05) is 111 Å². The highest BCUT2D eigenvalue weighted by Crippen LogP contribution is 2.40. The molecule has 0 spiro atoms. The molecule has 0 saturated carbocycles. The van der Waals surface area contributed by atoms with Crippen molar-refractivity contribution in [2.45, 2.75) is 113 Å². The highest BCUT2D eigenvalue weighted by molar-refractivity contribution is 7.23. The Hall–Kier alpha value is -7.56. The Morgan fingerprint density at radius 3 is 1.89 bits per heavy atom. The number of piperidine rings is 1. The second-order valence-electron chi connectivity index (χ2n) is 18.5. The molecule has 2 fully saturated rings. The number of urea groups is 2. The van der Waals surface area contributed by atoms with E-state index in [2.05, 4.69) is 67.6 Å². The smallest absolute Gasteiger partial charge is 0.321 e. The second kappa shape index (κ2) is 30.9. The van der Waals surface area contributed by atoms with E-state index in [1.165, 1.54) is 22.7 Å². The Morgan fingerprint density at radius 1 is 0.790 bits per heavy atom. The first-order valence-corrected chi connectivity index (χ1v) is 29.3. The van der Waals surface area contributed by atoms with E-state index in [1.54, 1.807) is 50.9 Å². The van der Waals surface area contributed by atoms with Gasteiger partial charge in [-0.2, -0.15) is 0 Å². The van der Waals surface area contributed by atoms with E-state index in [0.29, 0.717) is 92.4 Å². The third kappa shape index (κ3) is 17.0. The van der Waals surface area contributed by atoms with Gasteiger partial charge in [-0.1, -0.05) is 82.9 Å². The molecule has 81 heavy (non-hydrogen) atoms. The summed E-state index contributed by atoms with van der Waals surface area (Å²) in [5, 5.41) is 42.5. The van der Waals surface area contributed by atoms with Crippen molar-refractivity contribution in [3.8, 4) is 33.6 Å². The van der Waals surface area contributed by atoms with Crippen LogP contribution in [0.15, 0.2) is 103 Å². The number of allylic oxidation sites excluding steroid dienone is 2. The van der Waals surface area contributed by atoms with Gasteiger partial charge in [0.1, 0.15) is 11.2 Å². The van der Waals surface area contributed by atoms with Crippen LogP contribution in [0.5, 0.6) is 0 Å². The lowest BCUT2D eigenvalue weighted by Gasteiger charge is -2.32. The number of carboxylic acid groups (broad SMARTS) is 1. The third-order valence-electron chi connectivity index (χ3n) is 12.7. The number of rotatable bonds is 14. The molecule has 2 aliphatic rings. The fourth-order valence-electron chi connectivity index (χ4n) is 8.56. The number of aliphatic hydroxyl groups is 2. The molecular weight excluding hydrogens is 1060 g/mol. The van der Waals surface area contributed by atoms with Crippen molar-refractivity contribution in [3.05, 3.63) is 110 Å². The molecule has 2 aliphatic heterocycles. The van der Waals surface area contributed by atoms with Crippen LogP contribution in [-0.4, -0.2) is 114 Å². The Balaban J connectivity index is 0.000000274. The molecule has 432 valence electrons. The fourth-order valence-corrected chi connectivity index (χ4v) is 10.5. The molecule has 0 radical (unpaired) electrons. The highest BCUT2D eigenvalue weighted by atomic mass is 32.1. The van der Waals surface area contributed by atoms with Crippen LogP contribution in [0.25, 0.3) is 59.6 Å². The maximum atomic E-state index is 12.2. The van der Waals surface area contributed by atoms with Gasteiger partial charge in [-0.25, -0.2) is 29.5 Å². The lowest BCUT2D eigenvalue weighted by molar-refractivity contribution is -0.142. The number of aliphatic carboxylic acids is 1. The van der Waals surface area contributed by atoms with Gasteiger partial charge < -0.3 is 35.6 Å². The number of hydrogen-bond donors (Lipinski definition) is 7. The first-order chi connectivity index (χ1) is 39.0. The predicted octanol–water partition coefficient (Wildman–Crippen LogP) is 12.6. The molecule has 0 unspecified atom stereocenters. The summed E-state index contributed by atoms with van der Waals surface area (Å²) in [6.07, 6.45) is 12.5. The van der Waals surface area contributed by atoms with Crippen molar-refractivity contribution in [2.24, 2.45) is 10.9 Å². The van der Waals surface area contributed by atoms with E-state index < -0.39 is 17.2 Å². The van der Waals surface area contributed by atoms with Gasteiger partial charge in [0.2, 0.25) is 0 Å². The van der Waals surface area contributed by atoms with Crippen LogP contribution in [0.3, 0.4) is 0 Å². The molecule has 7 heterocycles. The standard InChI is InChI=1S/C28H31N7O4S.C26H29N5O3S.3C2H6/c1-4-29-26(38)34-27-33-22-12-17(18-14-31-25(32-15-18)28(2,3)39)11-20(23(22)40-27)21-13-19(5-8-30-21)35-9-6-16(7-10-35)24(36)37;1-4-18(16-29-17(3)26(33)9-12-34-13-10-26)19-14-20(21-8-6-7-11-28-21)23-22(15-19)30-25(35-23)31-24(32)27-5-2;3*1-2/h5,8,11-16,39H,4,6-7,9-10H2,1-3H3,(H,36,37)(H2,29,33,34,38);4,6-8,11,14-16,33H,1,5,9-10,12-13H2,2-3H3,(H2,27,30,31,32);3*1-2H3/b;18-16+,29-17?;;;. The van der Waals surface area contributed by atoms with Crippen molar-refractivity contribution >= 4 is 88.4 Å². The molecule has 4 amide bonds. The van der Waals surface area contributed by atoms with Gasteiger partial charge >= 0.3 is 18.0 Å². The minimum atomic E-state index is -1.16. The van der Waals surface area contributed by atoms with Crippen molar-refractivity contribution in [1.82, 2.24) is 40.5 Å². The van der Waals surface area contributed by atoms with Crippen LogP contribution >= 0.6 is 22.7 Å².